The van der Waals surface area contributed by atoms with Gasteiger partial charge in [0.2, 0.25) is 0 Å². The second kappa shape index (κ2) is 5.69. The van der Waals surface area contributed by atoms with Crippen LogP contribution in [0.5, 0.6) is 5.75 Å². The van der Waals surface area contributed by atoms with Crippen LogP contribution < -0.4 is 9.64 Å². The summed E-state index contributed by atoms with van der Waals surface area (Å²) in [6, 6.07) is 5.99. The van der Waals surface area contributed by atoms with Gasteiger partial charge in [0.1, 0.15) is 5.75 Å². The second-order valence-electron chi connectivity index (χ2n) is 5.39. The first-order valence-corrected chi connectivity index (χ1v) is 7.84. The fourth-order valence-electron chi connectivity index (χ4n) is 2.28. The first-order valence-electron chi connectivity index (χ1n) is 6.76. The number of amides is 1. The number of carbonyl (C=O) groups excluding carboxylic acids is 1. The lowest BCUT2D eigenvalue weighted by atomic mass is 10.0. The van der Waals surface area contributed by atoms with Gasteiger partial charge in [-0.2, -0.15) is 0 Å². The van der Waals surface area contributed by atoms with Crippen molar-refractivity contribution < 1.29 is 9.53 Å². The summed E-state index contributed by atoms with van der Waals surface area (Å²) in [6.07, 6.45) is 3.33. The number of carbonyl (C=O) groups is 1. The summed E-state index contributed by atoms with van der Waals surface area (Å²) in [5, 5.41) is 0. The third-order valence-electron chi connectivity index (χ3n) is 3.32. The van der Waals surface area contributed by atoms with E-state index >= 15 is 0 Å². The van der Waals surface area contributed by atoms with E-state index in [1.165, 1.54) is 0 Å². The summed E-state index contributed by atoms with van der Waals surface area (Å²) in [6.45, 7) is 6.61. The van der Waals surface area contributed by atoms with Crippen molar-refractivity contribution in [3.05, 3.63) is 21.8 Å². The fraction of sp³-hybridized carbons (Fsp3) is 0.533. The maximum atomic E-state index is 12.5. The van der Waals surface area contributed by atoms with Crippen LogP contribution in [0.25, 0.3) is 0 Å². The molecule has 0 N–H and O–H groups in total. The highest BCUT2D eigenvalue weighted by Gasteiger charge is 2.40. The van der Waals surface area contributed by atoms with Crippen molar-refractivity contribution in [3.63, 3.8) is 0 Å². The molecule has 0 atom stereocenters. The lowest BCUT2D eigenvalue weighted by Crippen LogP contribution is -2.52. The minimum Gasteiger partial charge on any atom is -0.476 e. The van der Waals surface area contributed by atoms with E-state index in [4.69, 9.17) is 4.74 Å². The SMILES string of the molecule is CCCCCN1C(=O)C(C)(C)Oc2ccc(I)cc21. The van der Waals surface area contributed by atoms with E-state index in [-0.39, 0.29) is 5.91 Å². The predicted octanol–water partition coefficient (Wildman–Crippen LogP) is 3.99. The molecule has 4 heteroatoms. The number of hydrogen-bond acceptors (Lipinski definition) is 2. The van der Waals surface area contributed by atoms with Crippen LogP contribution in [0.15, 0.2) is 18.2 Å². The monoisotopic (exact) mass is 373 g/mol. The van der Waals surface area contributed by atoms with Gasteiger partial charge in [-0.05, 0) is 61.1 Å². The highest BCUT2D eigenvalue weighted by atomic mass is 127. The summed E-state index contributed by atoms with van der Waals surface area (Å²) in [5.74, 6) is 0.861. The predicted molar refractivity (Wildman–Crippen MR) is 85.7 cm³/mol. The van der Waals surface area contributed by atoms with Crippen LogP contribution >= 0.6 is 22.6 Å². The van der Waals surface area contributed by atoms with Crippen LogP contribution in [0.1, 0.15) is 40.0 Å². The van der Waals surface area contributed by atoms with Gasteiger partial charge in [-0.3, -0.25) is 4.79 Å². The van der Waals surface area contributed by atoms with Gasteiger partial charge < -0.3 is 9.64 Å². The lowest BCUT2D eigenvalue weighted by Gasteiger charge is -2.39. The van der Waals surface area contributed by atoms with E-state index in [9.17, 15) is 4.79 Å². The fourth-order valence-corrected chi connectivity index (χ4v) is 2.76. The molecule has 0 bridgehead atoms. The van der Waals surface area contributed by atoms with Crippen LogP contribution in [-0.2, 0) is 4.79 Å². The molecule has 2 rings (SSSR count). The Morgan fingerprint density at radius 2 is 2.05 bits per heavy atom. The van der Waals surface area contributed by atoms with Gasteiger partial charge in [-0.15, -0.1) is 0 Å². The third-order valence-corrected chi connectivity index (χ3v) is 3.99. The number of anilines is 1. The summed E-state index contributed by atoms with van der Waals surface area (Å²) in [4.78, 5) is 14.4. The molecule has 104 valence electrons. The van der Waals surface area contributed by atoms with Gasteiger partial charge in [0.05, 0.1) is 5.69 Å². The number of benzene rings is 1. The molecular formula is C15H20INO2. The molecule has 1 heterocycles. The standard InChI is InChI=1S/C15H20INO2/c1-4-5-6-9-17-12-10-11(16)7-8-13(12)19-15(2,3)14(17)18/h7-8,10H,4-6,9H2,1-3H3. The molecule has 0 saturated carbocycles. The molecule has 0 spiro atoms. The molecule has 0 unspecified atom stereocenters. The van der Waals surface area contributed by atoms with Crippen molar-refractivity contribution in [3.8, 4) is 5.75 Å². The number of halogens is 1. The molecule has 0 aliphatic carbocycles. The van der Waals surface area contributed by atoms with E-state index < -0.39 is 5.60 Å². The van der Waals surface area contributed by atoms with E-state index in [2.05, 4.69) is 29.5 Å². The minimum absolute atomic E-state index is 0.0538. The smallest absolute Gasteiger partial charge is 0.270 e. The van der Waals surface area contributed by atoms with Crippen LogP contribution in [0.3, 0.4) is 0 Å². The van der Waals surface area contributed by atoms with Crippen molar-refractivity contribution in [1.29, 1.82) is 0 Å². The van der Waals surface area contributed by atoms with Gasteiger partial charge in [-0.25, -0.2) is 0 Å². The van der Waals surface area contributed by atoms with Crippen LogP contribution in [-0.4, -0.2) is 18.1 Å². The normalized spacial score (nSPS) is 17.1. The molecule has 3 nitrogen and oxygen atoms in total. The first kappa shape index (κ1) is 14.6. The van der Waals surface area contributed by atoms with E-state index in [0.717, 1.165) is 40.8 Å². The minimum atomic E-state index is -0.772. The molecule has 0 saturated heterocycles. The largest absolute Gasteiger partial charge is 0.476 e. The Hall–Kier alpha value is -0.780. The van der Waals surface area contributed by atoms with Crippen LogP contribution in [0.2, 0.25) is 0 Å². The second-order valence-corrected chi connectivity index (χ2v) is 6.63. The number of rotatable bonds is 4. The molecule has 1 aliphatic heterocycles. The van der Waals surface area contributed by atoms with Crippen molar-refractivity contribution in [2.24, 2.45) is 0 Å². The van der Waals surface area contributed by atoms with Crippen molar-refractivity contribution in [2.45, 2.75) is 45.6 Å². The molecule has 1 aromatic rings. The molecule has 0 radical (unpaired) electrons. The number of fused-ring (bicyclic) bond motifs is 1. The summed E-state index contributed by atoms with van der Waals surface area (Å²) in [5.41, 5.74) is 0.138. The Morgan fingerprint density at radius 1 is 1.32 bits per heavy atom. The zero-order valence-corrected chi connectivity index (χ0v) is 13.9. The number of nitrogens with zero attached hydrogens (tertiary/aromatic N) is 1. The molecule has 1 amide bonds. The molecule has 0 aromatic heterocycles. The maximum absolute atomic E-state index is 12.5. The highest BCUT2D eigenvalue weighted by molar-refractivity contribution is 14.1. The zero-order valence-electron chi connectivity index (χ0n) is 11.7. The zero-order chi connectivity index (χ0) is 14.0. The van der Waals surface area contributed by atoms with E-state index in [0.29, 0.717) is 0 Å². The molecule has 0 fully saturated rings. The summed E-state index contributed by atoms with van der Waals surface area (Å²) < 4.78 is 6.95. The summed E-state index contributed by atoms with van der Waals surface area (Å²) in [7, 11) is 0. The number of hydrogen-bond donors (Lipinski definition) is 0. The van der Waals surface area contributed by atoms with Crippen molar-refractivity contribution >= 4 is 34.2 Å². The molecule has 19 heavy (non-hydrogen) atoms. The topological polar surface area (TPSA) is 29.5 Å². The van der Waals surface area contributed by atoms with E-state index in [1.807, 2.05) is 36.9 Å². The van der Waals surface area contributed by atoms with E-state index in [1.54, 1.807) is 0 Å². The average molecular weight is 373 g/mol. The van der Waals surface area contributed by atoms with Crippen molar-refractivity contribution in [1.82, 2.24) is 0 Å². The number of unbranched alkanes of at least 4 members (excludes halogenated alkanes) is 2. The van der Waals surface area contributed by atoms with Gasteiger partial charge in [0.15, 0.2) is 5.60 Å². The Balaban J connectivity index is 2.33. The number of ether oxygens (including phenoxy) is 1. The van der Waals surface area contributed by atoms with Crippen LogP contribution in [0.4, 0.5) is 5.69 Å². The lowest BCUT2D eigenvalue weighted by molar-refractivity contribution is -0.132. The first-order chi connectivity index (χ1) is 8.95. The third kappa shape index (κ3) is 3.04. The maximum Gasteiger partial charge on any atom is 0.270 e. The quantitative estimate of drug-likeness (QED) is 0.590. The highest BCUT2D eigenvalue weighted by Crippen LogP contribution is 2.38. The Kier molecular flexibility index (Phi) is 4.38. The average Bonchev–Trinajstić information content (AvgIpc) is 2.35. The van der Waals surface area contributed by atoms with Gasteiger partial charge in [-0.1, -0.05) is 19.8 Å². The Labute approximate surface area is 128 Å². The van der Waals surface area contributed by atoms with Gasteiger partial charge in [0, 0.05) is 10.1 Å². The molecular weight excluding hydrogens is 353 g/mol. The molecule has 1 aliphatic rings. The van der Waals surface area contributed by atoms with Gasteiger partial charge >= 0.3 is 0 Å². The van der Waals surface area contributed by atoms with Gasteiger partial charge in [0.25, 0.3) is 5.91 Å². The summed E-state index contributed by atoms with van der Waals surface area (Å²) >= 11 is 2.26. The van der Waals surface area contributed by atoms with Crippen LogP contribution in [0, 0.1) is 3.57 Å². The Morgan fingerprint density at radius 3 is 2.74 bits per heavy atom. The Bertz CT molecular complexity index is 485. The molecule has 1 aromatic carbocycles. The van der Waals surface area contributed by atoms with Crippen molar-refractivity contribution in [2.75, 3.05) is 11.4 Å².